The molecule has 2 atom stereocenters. The lowest BCUT2D eigenvalue weighted by molar-refractivity contribution is 0.0816. The van der Waals surface area contributed by atoms with Crippen LogP contribution >= 0.6 is 0 Å². The molecule has 1 saturated heterocycles. The van der Waals surface area contributed by atoms with Crippen molar-refractivity contribution in [1.29, 1.82) is 0 Å². The zero-order valence-electron chi connectivity index (χ0n) is 39.9. The number of carbonyl (C=O) groups is 1. The van der Waals surface area contributed by atoms with Gasteiger partial charge in [0.05, 0.1) is 0 Å². The van der Waals surface area contributed by atoms with E-state index < -0.39 is 0 Å². The van der Waals surface area contributed by atoms with E-state index in [-0.39, 0.29) is 5.91 Å². The van der Waals surface area contributed by atoms with Gasteiger partial charge in [-0.15, -0.1) is 0 Å². The van der Waals surface area contributed by atoms with Crippen LogP contribution in [0.4, 0.5) is 5.69 Å². The fourth-order valence-corrected chi connectivity index (χ4v) is 8.38. The highest BCUT2D eigenvalue weighted by Crippen LogP contribution is 2.30. The molecule has 328 valence electrons. The molecule has 2 unspecified atom stereocenters. The second-order valence-corrected chi connectivity index (χ2v) is 18.4. The van der Waals surface area contributed by atoms with E-state index >= 15 is 0 Å². The predicted molar refractivity (Wildman–Crippen MR) is 263 cm³/mol. The Balaban J connectivity index is 0.000000142. The van der Waals surface area contributed by atoms with Crippen LogP contribution in [0.25, 0.3) is 0 Å². The molecule has 62 heavy (non-hydrogen) atoms. The number of hydrogen-bond acceptors (Lipinski definition) is 5. The molecule has 0 N–H and O–H groups in total. The molecular weight excluding hydrogens is 759 g/mol. The van der Waals surface area contributed by atoms with Gasteiger partial charge in [-0.05, 0) is 147 Å². The first-order valence-electron chi connectivity index (χ1n) is 22.4. The maximum atomic E-state index is 11.5. The molecule has 10 rings (SSSR count). The van der Waals surface area contributed by atoms with E-state index in [1.54, 1.807) is 4.90 Å². The van der Waals surface area contributed by atoms with Crippen LogP contribution < -0.4 is 4.90 Å². The number of pyridine rings is 1. The molecule has 0 saturated carbocycles. The Morgan fingerprint density at radius 3 is 1.76 bits per heavy atom. The van der Waals surface area contributed by atoms with Gasteiger partial charge < -0.3 is 14.7 Å². The number of rotatable bonds is 0. The fourth-order valence-electron chi connectivity index (χ4n) is 8.38. The third kappa shape index (κ3) is 14.4. The van der Waals surface area contributed by atoms with E-state index in [1.165, 1.54) is 88.2 Å². The van der Waals surface area contributed by atoms with E-state index in [1.807, 2.05) is 58.3 Å². The third-order valence-corrected chi connectivity index (χ3v) is 12.1. The van der Waals surface area contributed by atoms with Crippen molar-refractivity contribution >= 4 is 11.6 Å². The topological polar surface area (TPSA) is 42.9 Å². The number of allylic oxidation sites excluding steroid dienone is 3. The number of hydrogen-bond donors (Lipinski definition) is 0. The molecule has 4 aliphatic heterocycles. The molecule has 1 aromatic heterocycles. The Hall–Kier alpha value is -5.30. The van der Waals surface area contributed by atoms with E-state index in [0.29, 0.717) is 0 Å². The van der Waals surface area contributed by atoms with Crippen LogP contribution in [0, 0.1) is 60.3 Å². The largest absolute Gasteiger partial charge is 0.374 e. The minimum atomic E-state index is 0.147. The molecule has 1 fully saturated rings. The van der Waals surface area contributed by atoms with Crippen LogP contribution in [-0.2, 0) is 26.1 Å². The van der Waals surface area contributed by atoms with Crippen molar-refractivity contribution in [3.63, 3.8) is 0 Å². The molecule has 1 aliphatic carbocycles. The third-order valence-electron chi connectivity index (χ3n) is 12.1. The minimum absolute atomic E-state index is 0.147. The van der Waals surface area contributed by atoms with Gasteiger partial charge in [0.25, 0.3) is 5.91 Å². The highest BCUT2D eigenvalue weighted by Gasteiger charge is 2.26. The normalized spacial score (nSPS) is 18.0. The first-order chi connectivity index (χ1) is 29.5. The summed E-state index contributed by atoms with van der Waals surface area (Å²) in [6.45, 7) is 23.4. The number of benzene rings is 4. The van der Waals surface area contributed by atoms with E-state index in [2.05, 4.69) is 160 Å². The van der Waals surface area contributed by atoms with Gasteiger partial charge in [0, 0.05) is 70.0 Å². The smallest absolute Gasteiger partial charge is 0.254 e. The molecule has 0 radical (unpaired) electrons. The van der Waals surface area contributed by atoms with Gasteiger partial charge in [0.2, 0.25) is 0 Å². The second-order valence-electron chi connectivity index (χ2n) is 18.4. The lowest BCUT2D eigenvalue weighted by atomic mass is 9.81. The lowest BCUT2D eigenvalue weighted by Crippen LogP contribution is -2.37. The van der Waals surface area contributed by atoms with E-state index in [4.69, 9.17) is 0 Å². The number of nitrogens with zero attached hydrogens (tertiary/aromatic N) is 5. The van der Waals surface area contributed by atoms with Gasteiger partial charge in [-0.25, -0.2) is 0 Å². The second kappa shape index (κ2) is 22.7. The number of likely N-dealkylation sites (N-methyl/N-ethyl adjacent to an activating group) is 1. The summed E-state index contributed by atoms with van der Waals surface area (Å²) in [5.74, 6) is 1.76. The van der Waals surface area contributed by atoms with Crippen LogP contribution in [-0.4, -0.2) is 73.4 Å². The van der Waals surface area contributed by atoms with Crippen molar-refractivity contribution in [1.82, 2.24) is 19.7 Å². The Bertz CT molecular complexity index is 2200. The standard InChI is InChI=1S/C11H17N.C10H11NO.2C10H13N.C8H10.C7H9N/c1-9-3-4-11-8-12(2)6-5-10(11)7-9;1-7-3-4-8-6-11(2)10(12)9(8)5-7;1-8-3-4-9-6-11(2)7-10(9)5-8;1-8-3-4-10-9(7-8)5-6-11(10)2;1-7-3-5-8(2)6-4-7;1-6-3-4-7(2)8-5-6/h3-4,7,10-11H,5-6,8H2,1-2H3;3-5H,6H2,1-2H3;3-5H,6-7H2,1-2H3;3-4,7H,5-6H2,1-2H3;3-6H,1-2H3;3-5H,1-2H3. The number of likely N-dealkylation sites (tertiary alicyclic amines) is 1. The predicted octanol–water partition coefficient (Wildman–Crippen LogP) is 11.6. The summed E-state index contributed by atoms with van der Waals surface area (Å²) in [4.78, 5) is 24.4. The first-order valence-corrected chi connectivity index (χ1v) is 22.4. The average molecular weight is 832 g/mol. The fraction of sp³-hybridized carbons (Fsp3) is 0.393. The van der Waals surface area contributed by atoms with Crippen molar-refractivity contribution in [2.24, 2.45) is 11.8 Å². The zero-order chi connectivity index (χ0) is 44.9. The van der Waals surface area contributed by atoms with Crippen LogP contribution in [0.2, 0.25) is 0 Å². The SMILES string of the molecule is CC1=CC2CCN(C)CC2C=C1.Cc1ccc(C)cc1.Cc1ccc(C)nc1.Cc1ccc2c(c1)C(=O)N(C)C2.Cc1ccc2c(c1)CCN2C.Cc1ccc2c(c1)CN(C)C2. The van der Waals surface area contributed by atoms with Crippen molar-refractivity contribution in [3.8, 4) is 0 Å². The van der Waals surface area contributed by atoms with Gasteiger partial charge in [0.1, 0.15) is 0 Å². The molecule has 6 nitrogen and oxygen atoms in total. The van der Waals surface area contributed by atoms with Crippen LogP contribution in [0.15, 0.2) is 121 Å². The average Bonchev–Trinajstić information content (AvgIpc) is 3.90. The maximum Gasteiger partial charge on any atom is 0.254 e. The summed E-state index contributed by atoms with van der Waals surface area (Å²) in [6, 6.07) is 32.0. The number of carbonyl (C=O) groups excluding carboxylic acids is 1. The summed E-state index contributed by atoms with van der Waals surface area (Å²) < 4.78 is 0. The van der Waals surface area contributed by atoms with Crippen LogP contribution in [0.5, 0.6) is 0 Å². The molecule has 5 aromatic rings. The minimum Gasteiger partial charge on any atom is -0.374 e. The molecular formula is C56H73N5O. The number of aryl methyl sites for hydroxylation is 7. The monoisotopic (exact) mass is 832 g/mol. The maximum absolute atomic E-state index is 11.5. The van der Waals surface area contributed by atoms with Gasteiger partial charge in [0.15, 0.2) is 0 Å². The number of fused-ring (bicyclic) bond motifs is 4. The molecule has 6 heteroatoms. The van der Waals surface area contributed by atoms with E-state index in [0.717, 1.165) is 53.9 Å². The van der Waals surface area contributed by atoms with Gasteiger partial charge in [-0.3, -0.25) is 14.7 Å². The quantitative estimate of drug-likeness (QED) is 0.156. The summed E-state index contributed by atoms with van der Waals surface area (Å²) in [5.41, 5.74) is 18.2. The lowest BCUT2D eigenvalue weighted by Gasteiger charge is -2.35. The highest BCUT2D eigenvalue weighted by molar-refractivity contribution is 5.98. The Morgan fingerprint density at radius 2 is 1.11 bits per heavy atom. The number of piperidine rings is 1. The molecule has 5 heterocycles. The van der Waals surface area contributed by atoms with Crippen molar-refractivity contribution < 1.29 is 4.79 Å². The summed E-state index contributed by atoms with van der Waals surface area (Å²) >= 11 is 0. The summed E-state index contributed by atoms with van der Waals surface area (Å²) in [7, 11) is 8.36. The zero-order valence-corrected chi connectivity index (χ0v) is 39.9. The van der Waals surface area contributed by atoms with Crippen molar-refractivity contribution in [2.45, 2.75) is 87.9 Å². The number of anilines is 1. The van der Waals surface area contributed by atoms with Crippen LogP contribution in [0.3, 0.4) is 0 Å². The molecule has 1 amide bonds. The molecule has 5 aliphatic rings. The molecule has 4 aromatic carbocycles. The Kier molecular flexibility index (Phi) is 17.5. The van der Waals surface area contributed by atoms with Crippen LogP contribution in [0.1, 0.15) is 85.0 Å². The molecule has 0 spiro atoms. The van der Waals surface area contributed by atoms with Gasteiger partial charge >= 0.3 is 0 Å². The van der Waals surface area contributed by atoms with Crippen molar-refractivity contribution in [3.05, 3.63) is 188 Å². The van der Waals surface area contributed by atoms with Gasteiger partial charge in [-0.2, -0.15) is 0 Å². The first kappa shape index (κ1) is 47.7. The summed E-state index contributed by atoms with van der Waals surface area (Å²) in [5, 5.41) is 0. The Labute approximate surface area is 375 Å². The van der Waals surface area contributed by atoms with E-state index in [9.17, 15) is 4.79 Å². The molecule has 0 bridgehead atoms. The van der Waals surface area contributed by atoms with Crippen molar-refractivity contribution in [2.75, 3.05) is 52.7 Å². The summed E-state index contributed by atoms with van der Waals surface area (Å²) in [6.07, 6.45) is 11.5. The Morgan fingerprint density at radius 1 is 0.532 bits per heavy atom. The number of amides is 1. The van der Waals surface area contributed by atoms with Gasteiger partial charge in [-0.1, -0.05) is 124 Å². The number of aromatic nitrogens is 1. The highest BCUT2D eigenvalue weighted by atomic mass is 16.2.